The summed E-state index contributed by atoms with van der Waals surface area (Å²) in [5, 5.41) is 0. The van der Waals surface area contributed by atoms with Gasteiger partial charge in [-0.3, -0.25) is 0 Å². The van der Waals surface area contributed by atoms with Crippen molar-refractivity contribution in [1.29, 1.82) is 0 Å². The second-order valence-electron chi connectivity index (χ2n) is 4.45. The van der Waals surface area contributed by atoms with Crippen molar-refractivity contribution in [2.45, 2.75) is 13.5 Å². The fraction of sp³-hybridized carbons (Fsp3) is 0.200. The van der Waals surface area contributed by atoms with Gasteiger partial charge in [0.15, 0.2) is 0 Å². The Labute approximate surface area is 115 Å². The van der Waals surface area contributed by atoms with Gasteiger partial charge in [-0.1, -0.05) is 36.4 Å². The van der Waals surface area contributed by atoms with E-state index < -0.39 is 8.64 Å². The lowest BCUT2D eigenvalue weighted by atomic mass is 10.3. The zero-order chi connectivity index (χ0) is 13.6. The molecule has 0 atom stereocenters. The van der Waals surface area contributed by atoms with Crippen LogP contribution >= 0.6 is 0 Å². The van der Waals surface area contributed by atoms with Gasteiger partial charge in [-0.2, -0.15) is 0 Å². The maximum absolute atomic E-state index is 5.95. The number of rotatable bonds is 6. The van der Waals surface area contributed by atoms with Crippen molar-refractivity contribution < 1.29 is 4.43 Å². The normalized spacial score (nSPS) is 11.1. The molecule has 0 aliphatic heterocycles. The van der Waals surface area contributed by atoms with Gasteiger partial charge >= 0.3 is 8.64 Å². The second-order valence-corrected chi connectivity index (χ2v) is 7.30. The molecule has 0 aromatic heterocycles. The Morgan fingerprint density at radius 3 is 1.63 bits per heavy atom. The first kappa shape index (κ1) is 13.6. The predicted molar refractivity (Wildman–Crippen MR) is 83.4 cm³/mol. The maximum Gasteiger partial charge on any atom is 0.410 e. The molecule has 0 heterocycles. The minimum Gasteiger partial charge on any atom is -0.384 e. The van der Waals surface area contributed by atoms with Crippen LogP contribution in [-0.4, -0.2) is 15.2 Å². The quantitative estimate of drug-likeness (QED) is 0.784. The van der Waals surface area contributed by atoms with E-state index in [0.29, 0.717) is 6.61 Å². The average molecular weight is 272 g/mol. The highest BCUT2D eigenvalue weighted by Crippen LogP contribution is 2.16. The Hall–Kier alpha value is -1.78. The molecule has 4 heteroatoms. The summed E-state index contributed by atoms with van der Waals surface area (Å²) < 4.78 is 5.95. The molecule has 2 aromatic carbocycles. The minimum atomic E-state index is -2.23. The van der Waals surface area contributed by atoms with Gasteiger partial charge < -0.3 is 14.4 Å². The van der Waals surface area contributed by atoms with Gasteiger partial charge in [0.25, 0.3) is 0 Å². The second kappa shape index (κ2) is 6.40. The third-order valence-electron chi connectivity index (χ3n) is 2.75. The highest BCUT2D eigenvalue weighted by molar-refractivity contribution is 6.78. The van der Waals surface area contributed by atoms with E-state index in [1.54, 1.807) is 0 Å². The predicted octanol–water partition coefficient (Wildman–Crippen LogP) is 3.82. The van der Waals surface area contributed by atoms with Crippen LogP contribution in [0.2, 0.25) is 6.55 Å². The number of anilines is 2. The fourth-order valence-electron chi connectivity index (χ4n) is 1.99. The Morgan fingerprint density at radius 2 is 1.26 bits per heavy atom. The van der Waals surface area contributed by atoms with Gasteiger partial charge in [0, 0.05) is 18.0 Å². The lowest BCUT2D eigenvalue weighted by Gasteiger charge is -2.29. The molecular formula is C15H20N2OSi. The molecule has 2 aromatic rings. The van der Waals surface area contributed by atoms with Crippen molar-refractivity contribution in [3.63, 3.8) is 0 Å². The van der Waals surface area contributed by atoms with Crippen LogP contribution in [0.3, 0.4) is 0 Å². The maximum atomic E-state index is 5.95. The molecule has 0 amide bonds. The van der Waals surface area contributed by atoms with Crippen LogP contribution in [0.25, 0.3) is 0 Å². The first-order valence-electron chi connectivity index (χ1n) is 6.52. The Morgan fingerprint density at radius 1 is 0.842 bits per heavy atom. The molecule has 0 fully saturated rings. The molecule has 100 valence electrons. The molecule has 2 rings (SSSR count). The van der Waals surface area contributed by atoms with Crippen molar-refractivity contribution in [2.24, 2.45) is 0 Å². The summed E-state index contributed by atoms with van der Waals surface area (Å²) in [7, 11) is -2.23. The van der Waals surface area contributed by atoms with Crippen LogP contribution in [0.4, 0.5) is 11.4 Å². The van der Waals surface area contributed by atoms with E-state index >= 15 is 0 Å². The van der Waals surface area contributed by atoms with Crippen LogP contribution < -0.4 is 9.96 Å². The molecule has 0 spiro atoms. The molecule has 0 aliphatic carbocycles. The van der Waals surface area contributed by atoms with Crippen molar-refractivity contribution in [3.8, 4) is 0 Å². The zero-order valence-electron chi connectivity index (χ0n) is 11.4. The standard InChI is InChI=1S/C15H20N2OSi/c1-3-18-19(2,16-14-10-6-4-7-11-14)17-15-12-8-5-9-13-15/h4-13,16-17H,3H2,1-2H3. The smallest absolute Gasteiger partial charge is 0.384 e. The molecule has 0 bridgehead atoms. The Kier molecular flexibility index (Phi) is 4.60. The highest BCUT2D eigenvalue weighted by atomic mass is 28.4. The van der Waals surface area contributed by atoms with Crippen molar-refractivity contribution >= 4 is 20.0 Å². The summed E-state index contributed by atoms with van der Waals surface area (Å²) in [4.78, 5) is 7.02. The van der Waals surface area contributed by atoms with E-state index in [-0.39, 0.29) is 0 Å². The Balaban J connectivity index is 2.13. The van der Waals surface area contributed by atoms with E-state index in [1.165, 1.54) is 0 Å². The molecule has 0 radical (unpaired) electrons. The van der Waals surface area contributed by atoms with E-state index in [9.17, 15) is 0 Å². The monoisotopic (exact) mass is 272 g/mol. The molecule has 0 saturated heterocycles. The summed E-state index contributed by atoms with van der Waals surface area (Å²) in [5.74, 6) is 0. The minimum absolute atomic E-state index is 0.683. The number of hydrogen-bond donors (Lipinski definition) is 2. The number of hydrogen-bond acceptors (Lipinski definition) is 3. The molecule has 19 heavy (non-hydrogen) atoms. The largest absolute Gasteiger partial charge is 0.410 e. The first-order chi connectivity index (χ1) is 9.22. The number of benzene rings is 2. The third kappa shape index (κ3) is 4.12. The molecule has 3 nitrogen and oxygen atoms in total. The summed E-state index contributed by atoms with van der Waals surface area (Å²) >= 11 is 0. The van der Waals surface area contributed by atoms with Crippen molar-refractivity contribution in [3.05, 3.63) is 60.7 Å². The lowest BCUT2D eigenvalue weighted by molar-refractivity contribution is 0.334. The topological polar surface area (TPSA) is 33.3 Å². The summed E-state index contributed by atoms with van der Waals surface area (Å²) in [5.41, 5.74) is 2.15. The van der Waals surface area contributed by atoms with Crippen molar-refractivity contribution in [2.75, 3.05) is 16.6 Å². The molecular weight excluding hydrogens is 252 g/mol. The molecule has 0 unspecified atom stereocenters. The van der Waals surface area contributed by atoms with Crippen LogP contribution in [0, 0.1) is 0 Å². The first-order valence-corrected chi connectivity index (χ1v) is 8.93. The molecule has 0 aliphatic rings. The summed E-state index contributed by atoms with van der Waals surface area (Å²) in [6.07, 6.45) is 0. The van der Waals surface area contributed by atoms with Crippen molar-refractivity contribution in [1.82, 2.24) is 0 Å². The zero-order valence-corrected chi connectivity index (χ0v) is 12.4. The fourth-order valence-corrected chi connectivity index (χ4v) is 4.21. The van der Waals surface area contributed by atoms with Gasteiger partial charge in [-0.15, -0.1) is 0 Å². The lowest BCUT2D eigenvalue weighted by Crippen LogP contribution is -2.52. The van der Waals surface area contributed by atoms with E-state index in [2.05, 4.69) is 40.8 Å². The Bertz CT molecular complexity index is 449. The SMILES string of the molecule is CCO[Si](C)(Nc1ccccc1)Nc1ccccc1. The van der Waals surface area contributed by atoms with Gasteiger partial charge in [-0.25, -0.2) is 0 Å². The van der Waals surface area contributed by atoms with Gasteiger partial charge in [0.1, 0.15) is 0 Å². The van der Waals surface area contributed by atoms with Gasteiger partial charge in [0.05, 0.1) is 0 Å². The van der Waals surface area contributed by atoms with Gasteiger partial charge in [-0.05, 0) is 37.7 Å². The highest BCUT2D eigenvalue weighted by Gasteiger charge is 2.30. The third-order valence-corrected chi connectivity index (χ3v) is 5.14. The molecule has 0 saturated carbocycles. The number of nitrogens with one attached hydrogen (secondary N) is 2. The van der Waals surface area contributed by atoms with Crippen LogP contribution in [0.1, 0.15) is 6.92 Å². The molecule has 2 N–H and O–H groups in total. The van der Waals surface area contributed by atoms with E-state index in [0.717, 1.165) is 11.4 Å². The van der Waals surface area contributed by atoms with Crippen LogP contribution in [-0.2, 0) is 4.43 Å². The van der Waals surface area contributed by atoms with Gasteiger partial charge in [0.2, 0.25) is 0 Å². The number of para-hydroxylation sites is 2. The van der Waals surface area contributed by atoms with Crippen LogP contribution in [0.5, 0.6) is 0 Å². The summed E-state index contributed by atoms with van der Waals surface area (Å²) in [6.45, 7) is 4.82. The summed E-state index contributed by atoms with van der Waals surface area (Å²) in [6, 6.07) is 20.3. The van der Waals surface area contributed by atoms with Crippen LogP contribution in [0.15, 0.2) is 60.7 Å². The van der Waals surface area contributed by atoms with E-state index in [4.69, 9.17) is 4.43 Å². The van der Waals surface area contributed by atoms with E-state index in [1.807, 2.05) is 43.3 Å². The average Bonchev–Trinajstić information content (AvgIpc) is 2.41.